The van der Waals surface area contributed by atoms with Gasteiger partial charge < -0.3 is 14.9 Å². The average Bonchev–Trinajstić information content (AvgIpc) is 2.36. The minimum Gasteiger partial charge on any atom is -0.481 e. The summed E-state index contributed by atoms with van der Waals surface area (Å²) in [6.45, 7) is 4.01. The number of hydrogen-bond donors (Lipinski definition) is 1. The lowest BCUT2D eigenvalue weighted by atomic mass is 9.92. The van der Waals surface area contributed by atoms with Crippen LogP contribution in [0.25, 0.3) is 0 Å². The molecule has 0 aromatic carbocycles. The highest BCUT2D eigenvalue weighted by molar-refractivity contribution is 5.77. The second kappa shape index (κ2) is 7.48. The van der Waals surface area contributed by atoms with Crippen LogP contribution in [0.1, 0.15) is 39.0 Å². The number of hydrogen-bond acceptors (Lipinski definition) is 3. The van der Waals surface area contributed by atoms with Crippen molar-refractivity contribution in [2.24, 2.45) is 5.92 Å². The van der Waals surface area contributed by atoms with Gasteiger partial charge in [0.1, 0.15) is 0 Å². The Morgan fingerprint density at radius 1 is 1.37 bits per heavy atom. The van der Waals surface area contributed by atoms with Crippen molar-refractivity contribution in [2.75, 3.05) is 27.2 Å². The number of piperidine rings is 1. The summed E-state index contributed by atoms with van der Waals surface area (Å²) in [5.74, 6) is -0.154. The summed E-state index contributed by atoms with van der Waals surface area (Å²) >= 11 is 0. The Kier molecular flexibility index (Phi) is 6.28. The average molecular weight is 270 g/mol. The van der Waals surface area contributed by atoms with E-state index in [0.717, 1.165) is 32.4 Å². The monoisotopic (exact) mass is 270 g/mol. The summed E-state index contributed by atoms with van der Waals surface area (Å²) in [5, 5.41) is 8.73. The lowest BCUT2D eigenvalue weighted by Gasteiger charge is -2.29. The van der Waals surface area contributed by atoms with Gasteiger partial charge in [-0.1, -0.05) is 0 Å². The molecule has 1 saturated heterocycles. The number of carbonyl (C=O) groups excluding carboxylic acids is 1. The number of carboxylic acids is 1. The molecule has 1 rings (SSSR count). The molecule has 1 heterocycles. The standard InChI is InChI=1S/C14H26N2O3/c1-11(10-14(18)19)16(3)13(17)5-4-12-6-8-15(2)9-7-12/h11-12H,4-10H2,1-3H3,(H,18,19). The van der Waals surface area contributed by atoms with Gasteiger partial charge in [0, 0.05) is 19.5 Å². The van der Waals surface area contributed by atoms with Crippen molar-refractivity contribution < 1.29 is 14.7 Å². The molecule has 5 nitrogen and oxygen atoms in total. The lowest BCUT2D eigenvalue weighted by Crippen LogP contribution is -2.37. The van der Waals surface area contributed by atoms with Crippen LogP contribution in [0.15, 0.2) is 0 Å². The number of carboxylic acid groups (broad SMARTS) is 1. The molecule has 1 unspecified atom stereocenters. The van der Waals surface area contributed by atoms with Crippen molar-refractivity contribution in [1.29, 1.82) is 0 Å². The van der Waals surface area contributed by atoms with E-state index in [0.29, 0.717) is 12.3 Å². The molecular formula is C14H26N2O3. The fraction of sp³-hybridized carbons (Fsp3) is 0.857. The highest BCUT2D eigenvalue weighted by atomic mass is 16.4. The van der Waals surface area contributed by atoms with E-state index in [4.69, 9.17) is 5.11 Å². The van der Waals surface area contributed by atoms with Crippen LogP contribution in [0, 0.1) is 5.92 Å². The largest absolute Gasteiger partial charge is 0.481 e. The van der Waals surface area contributed by atoms with Gasteiger partial charge in [-0.25, -0.2) is 0 Å². The number of nitrogens with zero attached hydrogens (tertiary/aromatic N) is 2. The van der Waals surface area contributed by atoms with Gasteiger partial charge in [-0.3, -0.25) is 9.59 Å². The van der Waals surface area contributed by atoms with Gasteiger partial charge in [-0.15, -0.1) is 0 Å². The van der Waals surface area contributed by atoms with E-state index in [1.807, 2.05) is 0 Å². The van der Waals surface area contributed by atoms with E-state index < -0.39 is 5.97 Å². The maximum absolute atomic E-state index is 12.0. The predicted molar refractivity (Wildman–Crippen MR) is 73.9 cm³/mol. The van der Waals surface area contributed by atoms with Crippen LogP contribution >= 0.6 is 0 Å². The maximum Gasteiger partial charge on any atom is 0.305 e. The van der Waals surface area contributed by atoms with E-state index in [1.54, 1.807) is 18.9 Å². The molecule has 0 spiro atoms. The van der Waals surface area contributed by atoms with Gasteiger partial charge in [-0.2, -0.15) is 0 Å². The fourth-order valence-electron chi connectivity index (χ4n) is 2.49. The van der Waals surface area contributed by atoms with Crippen molar-refractivity contribution in [2.45, 2.75) is 45.1 Å². The third-order valence-electron chi connectivity index (χ3n) is 4.13. The van der Waals surface area contributed by atoms with Crippen LogP contribution in [0.5, 0.6) is 0 Å². The van der Waals surface area contributed by atoms with E-state index in [9.17, 15) is 9.59 Å². The SMILES string of the molecule is CC(CC(=O)O)N(C)C(=O)CCC1CCN(C)CC1. The fourth-order valence-corrected chi connectivity index (χ4v) is 2.49. The van der Waals surface area contributed by atoms with Crippen LogP contribution in [0.2, 0.25) is 0 Å². The molecule has 1 N–H and O–H groups in total. The first-order valence-electron chi connectivity index (χ1n) is 7.06. The normalized spacial score (nSPS) is 19.1. The topological polar surface area (TPSA) is 60.9 Å². The Morgan fingerprint density at radius 3 is 2.47 bits per heavy atom. The Labute approximate surface area is 115 Å². The van der Waals surface area contributed by atoms with Crippen LogP contribution in [-0.4, -0.2) is 60.0 Å². The summed E-state index contributed by atoms with van der Waals surface area (Å²) in [7, 11) is 3.83. The predicted octanol–water partition coefficient (Wildman–Crippen LogP) is 1.43. The number of amides is 1. The number of likely N-dealkylation sites (tertiary alicyclic amines) is 1. The number of carbonyl (C=O) groups is 2. The molecule has 110 valence electrons. The Hall–Kier alpha value is -1.10. The van der Waals surface area contributed by atoms with Crippen LogP contribution in [-0.2, 0) is 9.59 Å². The Morgan fingerprint density at radius 2 is 1.95 bits per heavy atom. The third kappa shape index (κ3) is 5.59. The Balaban J connectivity index is 2.28. The number of rotatable bonds is 6. The molecule has 0 saturated carbocycles. The van der Waals surface area contributed by atoms with Crippen LogP contribution in [0.3, 0.4) is 0 Å². The quantitative estimate of drug-likeness (QED) is 0.793. The lowest BCUT2D eigenvalue weighted by molar-refractivity contribution is -0.140. The van der Waals surface area contributed by atoms with Crippen molar-refractivity contribution in [1.82, 2.24) is 9.80 Å². The van der Waals surface area contributed by atoms with Gasteiger partial charge in [0.15, 0.2) is 0 Å². The Bertz CT molecular complexity index is 312. The molecule has 5 heteroatoms. The van der Waals surface area contributed by atoms with E-state index >= 15 is 0 Å². The van der Waals surface area contributed by atoms with Crippen molar-refractivity contribution >= 4 is 11.9 Å². The highest BCUT2D eigenvalue weighted by Gasteiger charge is 2.21. The molecular weight excluding hydrogens is 244 g/mol. The highest BCUT2D eigenvalue weighted by Crippen LogP contribution is 2.21. The molecule has 0 radical (unpaired) electrons. The first-order chi connectivity index (χ1) is 8.90. The maximum atomic E-state index is 12.0. The van der Waals surface area contributed by atoms with E-state index in [1.165, 1.54) is 0 Å². The first-order valence-corrected chi connectivity index (χ1v) is 7.06. The summed E-state index contributed by atoms with van der Waals surface area (Å²) in [4.78, 5) is 26.5. The second-order valence-corrected chi connectivity index (χ2v) is 5.74. The van der Waals surface area contributed by atoms with Crippen molar-refractivity contribution in [3.05, 3.63) is 0 Å². The number of aliphatic carboxylic acids is 1. The van der Waals surface area contributed by atoms with Gasteiger partial charge in [0.05, 0.1) is 6.42 Å². The molecule has 1 amide bonds. The van der Waals surface area contributed by atoms with Crippen LogP contribution in [0.4, 0.5) is 0 Å². The third-order valence-corrected chi connectivity index (χ3v) is 4.13. The molecule has 0 aromatic rings. The molecule has 0 aromatic heterocycles. The van der Waals surface area contributed by atoms with Gasteiger partial charge in [0.2, 0.25) is 5.91 Å². The van der Waals surface area contributed by atoms with Crippen molar-refractivity contribution in [3.8, 4) is 0 Å². The summed E-state index contributed by atoms with van der Waals surface area (Å²) in [5.41, 5.74) is 0. The zero-order chi connectivity index (χ0) is 14.4. The minimum atomic E-state index is -0.859. The van der Waals surface area contributed by atoms with Gasteiger partial charge in [-0.05, 0) is 52.2 Å². The summed E-state index contributed by atoms with van der Waals surface area (Å²) in [6.07, 6.45) is 3.80. The first kappa shape index (κ1) is 16.0. The zero-order valence-corrected chi connectivity index (χ0v) is 12.3. The van der Waals surface area contributed by atoms with Gasteiger partial charge in [0.25, 0.3) is 0 Å². The molecule has 0 aliphatic carbocycles. The molecule has 0 bridgehead atoms. The molecule has 1 atom stereocenters. The zero-order valence-electron chi connectivity index (χ0n) is 12.3. The van der Waals surface area contributed by atoms with E-state index in [2.05, 4.69) is 11.9 Å². The minimum absolute atomic E-state index is 0.0104. The smallest absolute Gasteiger partial charge is 0.305 e. The second-order valence-electron chi connectivity index (χ2n) is 5.74. The molecule has 19 heavy (non-hydrogen) atoms. The van der Waals surface area contributed by atoms with E-state index in [-0.39, 0.29) is 18.4 Å². The molecule has 1 aliphatic rings. The molecule has 1 aliphatic heterocycles. The van der Waals surface area contributed by atoms with Gasteiger partial charge >= 0.3 is 5.97 Å². The van der Waals surface area contributed by atoms with Crippen LogP contribution < -0.4 is 0 Å². The van der Waals surface area contributed by atoms with Crippen molar-refractivity contribution in [3.63, 3.8) is 0 Å². The molecule has 1 fully saturated rings. The summed E-state index contributed by atoms with van der Waals surface area (Å²) < 4.78 is 0. The summed E-state index contributed by atoms with van der Waals surface area (Å²) in [6, 6.07) is -0.234.